The Morgan fingerprint density at radius 3 is 2.42 bits per heavy atom. The first-order valence-corrected chi connectivity index (χ1v) is 12.6. The molecule has 1 amide bonds. The van der Waals surface area contributed by atoms with Gasteiger partial charge in [0.1, 0.15) is 4.90 Å². The van der Waals surface area contributed by atoms with Crippen molar-refractivity contribution in [3.63, 3.8) is 0 Å². The normalized spacial score (nSPS) is 11.4. The lowest BCUT2D eigenvalue weighted by Crippen LogP contribution is -2.33. The van der Waals surface area contributed by atoms with E-state index in [1.807, 2.05) is 54.6 Å². The van der Waals surface area contributed by atoms with Gasteiger partial charge in [-0.25, -0.2) is 13.4 Å². The van der Waals surface area contributed by atoms with Crippen molar-refractivity contribution in [2.24, 2.45) is 0 Å². The number of hydrogen-bond donors (Lipinski definition) is 0. The maximum atomic E-state index is 13.5. The quantitative estimate of drug-likeness (QED) is 0.284. The van der Waals surface area contributed by atoms with Crippen LogP contribution >= 0.6 is 11.3 Å². The second-order valence-corrected chi connectivity index (χ2v) is 10.4. The summed E-state index contributed by atoms with van der Waals surface area (Å²) < 4.78 is 24.8. The number of thiazole rings is 1. The van der Waals surface area contributed by atoms with E-state index in [4.69, 9.17) is 0 Å². The molecule has 4 aromatic rings. The summed E-state index contributed by atoms with van der Waals surface area (Å²) in [4.78, 5) is 29.9. The molecule has 0 spiro atoms. The van der Waals surface area contributed by atoms with E-state index in [9.17, 15) is 23.3 Å². The summed E-state index contributed by atoms with van der Waals surface area (Å²) >= 11 is 1.35. The molecule has 0 unspecified atom stereocenters. The van der Waals surface area contributed by atoms with Gasteiger partial charge in [0.15, 0.2) is 15.0 Å². The van der Waals surface area contributed by atoms with Gasteiger partial charge in [0.2, 0.25) is 0 Å². The van der Waals surface area contributed by atoms with E-state index in [1.165, 1.54) is 22.3 Å². The zero-order chi connectivity index (χ0) is 23.6. The number of nitro benzene ring substituents is 1. The molecule has 1 heterocycles. The molecular weight excluding hydrogens is 462 g/mol. The number of aromatic nitrogens is 1. The molecule has 0 bridgehead atoms. The topological polar surface area (TPSA) is 110 Å². The molecule has 1 aromatic heterocycles. The zero-order valence-electron chi connectivity index (χ0n) is 17.5. The van der Waals surface area contributed by atoms with Crippen molar-refractivity contribution in [3.05, 3.63) is 94.0 Å². The van der Waals surface area contributed by atoms with Crippen LogP contribution in [-0.2, 0) is 16.3 Å². The Morgan fingerprint density at radius 2 is 1.76 bits per heavy atom. The Kier molecular flexibility index (Phi) is 6.21. The van der Waals surface area contributed by atoms with E-state index in [0.717, 1.165) is 34.2 Å². The standard InChI is InChI=1S/C23H19N3O5S2/c1-33(30,31)21-12-11-17(15-19(21)26(28)29)22(27)25(14-13-16-7-3-2-4-8-16)23-24-18-9-5-6-10-20(18)32-23/h2-12,15H,13-14H2,1H3. The number of fused-ring (bicyclic) bond motifs is 1. The Labute approximate surface area is 194 Å². The number of nitrogens with zero attached hydrogens (tertiary/aromatic N) is 3. The zero-order valence-corrected chi connectivity index (χ0v) is 19.2. The highest BCUT2D eigenvalue weighted by Crippen LogP contribution is 2.31. The average molecular weight is 482 g/mol. The van der Waals surface area contributed by atoms with Gasteiger partial charge in [-0.3, -0.25) is 19.8 Å². The molecule has 0 aliphatic rings. The van der Waals surface area contributed by atoms with Crippen molar-refractivity contribution in [1.82, 2.24) is 4.98 Å². The lowest BCUT2D eigenvalue weighted by Gasteiger charge is -2.20. The van der Waals surface area contributed by atoms with Crippen LogP contribution in [0.2, 0.25) is 0 Å². The van der Waals surface area contributed by atoms with Crippen molar-refractivity contribution < 1.29 is 18.1 Å². The Bertz CT molecular complexity index is 1420. The van der Waals surface area contributed by atoms with Gasteiger partial charge in [-0.2, -0.15) is 0 Å². The van der Waals surface area contributed by atoms with Crippen LogP contribution in [0.5, 0.6) is 0 Å². The van der Waals surface area contributed by atoms with Crippen molar-refractivity contribution in [3.8, 4) is 0 Å². The van der Waals surface area contributed by atoms with Crippen LogP contribution in [0.1, 0.15) is 15.9 Å². The molecule has 0 atom stereocenters. The van der Waals surface area contributed by atoms with Crippen LogP contribution in [0.15, 0.2) is 77.7 Å². The molecule has 0 fully saturated rings. The van der Waals surface area contributed by atoms with E-state index < -0.39 is 31.3 Å². The summed E-state index contributed by atoms with van der Waals surface area (Å²) in [6, 6.07) is 20.5. The molecule has 3 aromatic carbocycles. The van der Waals surface area contributed by atoms with Gasteiger partial charge >= 0.3 is 0 Å². The first kappa shape index (κ1) is 22.6. The van der Waals surface area contributed by atoms with E-state index in [1.54, 1.807) is 0 Å². The molecule has 168 valence electrons. The van der Waals surface area contributed by atoms with Crippen molar-refractivity contribution >= 4 is 48.1 Å². The smallest absolute Gasteiger partial charge is 0.284 e. The van der Waals surface area contributed by atoms with Gasteiger partial charge in [0.25, 0.3) is 11.6 Å². The first-order valence-electron chi connectivity index (χ1n) is 9.94. The van der Waals surface area contributed by atoms with E-state index in [2.05, 4.69) is 4.98 Å². The van der Waals surface area contributed by atoms with Gasteiger partial charge in [-0.15, -0.1) is 0 Å². The number of nitro groups is 1. The first-order chi connectivity index (χ1) is 15.7. The second-order valence-electron chi connectivity index (χ2n) is 7.37. The fourth-order valence-electron chi connectivity index (χ4n) is 3.41. The second kappa shape index (κ2) is 9.08. The number of sulfone groups is 1. The SMILES string of the molecule is CS(=O)(=O)c1ccc(C(=O)N(CCc2ccccc2)c2nc3ccccc3s2)cc1[N+](=O)[O-]. The number of carbonyl (C=O) groups excluding carboxylic acids is 1. The highest BCUT2D eigenvalue weighted by Gasteiger charge is 2.27. The summed E-state index contributed by atoms with van der Waals surface area (Å²) in [5, 5.41) is 12.0. The molecule has 0 radical (unpaired) electrons. The van der Waals surface area contributed by atoms with Crippen LogP contribution in [-0.4, -0.2) is 37.0 Å². The predicted molar refractivity (Wildman–Crippen MR) is 128 cm³/mol. The highest BCUT2D eigenvalue weighted by atomic mass is 32.2. The Morgan fingerprint density at radius 1 is 1.06 bits per heavy atom. The predicted octanol–water partition coefficient (Wildman–Crippen LogP) is 4.50. The van der Waals surface area contributed by atoms with Crippen LogP contribution in [0.25, 0.3) is 10.2 Å². The van der Waals surface area contributed by atoms with Crippen molar-refractivity contribution in [2.75, 3.05) is 17.7 Å². The maximum absolute atomic E-state index is 13.5. The largest absolute Gasteiger partial charge is 0.288 e. The van der Waals surface area contributed by atoms with E-state index in [0.29, 0.717) is 18.1 Å². The van der Waals surface area contributed by atoms with Crippen LogP contribution < -0.4 is 4.90 Å². The third-order valence-electron chi connectivity index (χ3n) is 5.03. The molecule has 33 heavy (non-hydrogen) atoms. The Balaban J connectivity index is 1.75. The molecule has 10 heteroatoms. The minimum atomic E-state index is -3.83. The Hall–Kier alpha value is -3.63. The summed E-state index contributed by atoms with van der Waals surface area (Å²) in [6.07, 6.45) is 1.44. The highest BCUT2D eigenvalue weighted by molar-refractivity contribution is 7.90. The average Bonchev–Trinajstić information content (AvgIpc) is 3.22. The van der Waals surface area contributed by atoms with Crippen LogP contribution in [0.3, 0.4) is 0 Å². The molecule has 0 aliphatic carbocycles. The molecule has 0 saturated carbocycles. The monoisotopic (exact) mass is 481 g/mol. The van der Waals surface area contributed by atoms with E-state index >= 15 is 0 Å². The third kappa shape index (κ3) is 4.91. The van der Waals surface area contributed by atoms with Gasteiger partial charge in [0, 0.05) is 24.4 Å². The third-order valence-corrected chi connectivity index (χ3v) is 7.23. The van der Waals surface area contributed by atoms with Gasteiger partial charge in [-0.1, -0.05) is 53.8 Å². The molecule has 8 nitrogen and oxygen atoms in total. The number of para-hydroxylation sites is 1. The van der Waals surface area contributed by atoms with Gasteiger partial charge in [-0.05, 0) is 36.2 Å². The summed E-state index contributed by atoms with van der Waals surface area (Å²) in [6.45, 7) is 0.296. The molecule has 0 N–H and O–H groups in total. The van der Waals surface area contributed by atoms with Crippen molar-refractivity contribution in [1.29, 1.82) is 0 Å². The molecule has 0 aliphatic heterocycles. The van der Waals surface area contributed by atoms with E-state index in [-0.39, 0.29) is 5.56 Å². The van der Waals surface area contributed by atoms with Gasteiger partial charge in [0.05, 0.1) is 15.1 Å². The minimum Gasteiger partial charge on any atom is -0.284 e. The maximum Gasteiger partial charge on any atom is 0.288 e. The van der Waals surface area contributed by atoms with Gasteiger partial charge < -0.3 is 0 Å². The molecular formula is C23H19N3O5S2. The molecule has 0 saturated heterocycles. The summed E-state index contributed by atoms with van der Waals surface area (Å²) in [7, 11) is -3.83. The summed E-state index contributed by atoms with van der Waals surface area (Å²) in [5.41, 5.74) is 1.15. The minimum absolute atomic E-state index is 0.0152. The number of carbonyl (C=O) groups is 1. The molecule has 4 rings (SSSR count). The lowest BCUT2D eigenvalue weighted by molar-refractivity contribution is -0.387. The van der Waals surface area contributed by atoms with Crippen LogP contribution in [0.4, 0.5) is 10.8 Å². The van der Waals surface area contributed by atoms with Crippen LogP contribution in [0, 0.1) is 10.1 Å². The number of anilines is 1. The fraction of sp³-hybridized carbons (Fsp3) is 0.130. The number of hydrogen-bond acceptors (Lipinski definition) is 7. The number of benzene rings is 3. The number of amides is 1. The van der Waals surface area contributed by atoms with Crippen molar-refractivity contribution in [2.45, 2.75) is 11.3 Å². The lowest BCUT2D eigenvalue weighted by atomic mass is 10.1. The number of rotatable bonds is 7. The fourth-order valence-corrected chi connectivity index (χ4v) is 5.23. The summed E-state index contributed by atoms with van der Waals surface area (Å²) in [5.74, 6) is -0.492.